The highest BCUT2D eigenvalue weighted by atomic mass is 35.5. The Morgan fingerprint density at radius 1 is 1.22 bits per heavy atom. The summed E-state index contributed by atoms with van der Waals surface area (Å²) in [5, 5.41) is 10.6. The van der Waals surface area contributed by atoms with Crippen LogP contribution in [0.25, 0.3) is 0 Å². The highest BCUT2D eigenvalue weighted by Gasteiger charge is 2.43. The van der Waals surface area contributed by atoms with Crippen molar-refractivity contribution < 1.29 is 19.4 Å². The second-order valence-electron chi connectivity index (χ2n) is 8.79. The molecule has 0 unspecified atom stereocenters. The number of halogens is 1. The smallest absolute Gasteiger partial charge is 0.310 e. The van der Waals surface area contributed by atoms with E-state index in [2.05, 4.69) is 11.9 Å². The van der Waals surface area contributed by atoms with Crippen molar-refractivity contribution in [2.75, 3.05) is 6.61 Å². The molecule has 1 fully saturated rings. The molecule has 1 aromatic heterocycles. The van der Waals surface area contributed by atoms with E-state index in [0.717, 1.165) is 30.5 Å². The summed E-state index contributed by atoms with van der Waals surface area (Å²) in [6, 6.07) is 9.36. The van der Waals surface area contributed by atoms with Crippen molar-refractivity contribution in [1.82, 2.24) is 4.98 Å². The summed E-state index contributed by atoms with van der Waals surface area (Å²) < 4.78 is 5.98. The van der Waals surface area contributed by atoms with Gasteiger partial charge in [-0.3, -0.25) is 14.6 Å². The third-order valence-corrected chi connectivity index (χ3v) is 6.95. The number of nitrogens with zero attached hydrogens (tertiary/aromatic N) is 1. The van der Waals surface area contributed by atoms with Gasteiger partial charge in [-0.05, 0) is 61.8 Å². The topological polar surface area (TPSA) is 76.5 Å². The average molecular weight is 458 g/mol. The summed E-state index contributed by atoms with van der Waals surface area (Å²) in [7, 11) is 0. The molecule has 1 aromatic carbocycles. The number of carboxylic acids is 1. The molecule has 172 valence electrons. The van der Waals surface area contributed by atoms with E-state index in [9.17, 15) is 14.7 Å². The van der Waals surface area contributed by atoms with Gasteiger partial charge in [0.05, 0.1) is 17.7 Å². The van der Waals surface area contributed by atoms with E-state index in [-0.39, 0.29) is 12.2 Å². The van der Waals surface area contributed by atoms with Crippen molar-refractivity contribution >= 4 is 23.4 Å². The molecule has 0 amide bonds. The zero-order valence-electron chi connectivity index (χ0n) is 18.9. The maximum Gasteiger partial charge on any atom is 0.310 e. The standard InChI is InChI=1S/C26H32ClNO4/c1-3-18-8-11-26(12-9-18,25(30)31)16-23(29)20-15-24(22(4-2)28-17-20)32-13-10-19-6-5-7-21(27)14-19/h5-7,14-15,17-18H,3-4,8-13,16H2,1-2H3,(H,30,31). The van der Waals surface area contributed by atoms with E-state index in [1.165, 1.54) is 0 Å². The quantitative estimate of drug-likeness (QED) is 0.432. The Kier molecular flexibility index (Phi) is 8.30. The molecular formula is C26H32ClNO4. The molecular weight excluding hydrogens is 426 g/mol. The van der Waals surface area contributed by atoms with Crippen molar-refractivity contribution in [3.8, 4) is 5.75 Å². The minimum absolute atomic E-state index is 0.00781. The van der Waals surface area contributed by atoms with E-state index in [1.54, 1.807) is 12.3 Å². The highest BCUT2D eigenvalue weighted by Crippen LogP contribution is 2.43. The van der Waals surface area contributed by atoms with Gasteiger partial charge >= 0.3 is 5.97 Å². The van der Waals surface area contributed by atoms with Crippen molar-refractivity contribution in [2.24, 2.45) is 11.3 Å². The number of hydrogen-bond acceptors (Lipinski definition) is 4. The first-order valence-corrected chi connectivity index (χ1v) is 11.9. The first-order chi connectivity index (χ1) is 15.4. The van der Waals surface area contributed by atoms with Gasteiger partial charge in [0.2, 0.25) is 0 Å². The molecule has 1 saturated carbocycles. The Bertz CT molecular complexity index is 951. The Balaban J connectivity index is 1.70. The predicted molar refractivity (Wildman–Crippen MR) is 126 cm³/mol. The predicted octanol–water partition coefficient (Wildman–Crippen LogP) is 6.16. The number of aryl methyl sites for hydroxylation is 1. The van der Waals surface area contributed by atoms with E-state index in [4.69, 9.17) is 16.3 Å². The molecule has 5 nitrogen and oxygen atoms in total. The highest BCUT2D eigenvalue weighted by molar-refractivity contribution is 6.30. The zero-order chi connectivity index (χ0) is 23.1. The summed E-state index contributed by atoms with van der Waals surface area (Å²) in [5.41, 5.74) is 1.30. The summed E-state index contributed by atoms with van der Waals surface area (Å²) in [6.45, 7) is 4.56. The van der Waals surface area contributed by atoms with Gasteiger partial charge in [0.25, 0.3) is 0 Å². The largest absolute Gasteiger partial charge is 0.491 e. The maximum atomic E-state index is 13.1. The van der Waals surface area contributed by atoms with Crippen LogP contribution in [-0.2, 0) is 17.6 Å². The van der Waals surface area contributed by atoms with E-state index in [1.807, 2.05) is 31.2 Å². The lowest BCUT2D eigenvalue weighted by atomic mass is 9.67. The van der Waals surface area contributed by atoms with Gasteiger partial charge in [-0.25, -0.2) is 0 Å². The molecule has 0 saturated heterocycles. The first kappa shape index (κ1) is 24.2. The molecule has 0 aliphatic heterocycles. The van der Waals surface area contributed by atoms with Gasteiger partial charge in [0.15, 0.2) is 5.78 Å². The number of hydrogen-bond donors (Lipinski definition) is 1. The number of aliphatic carboxylic acids is 1. The van der Waals surface area contributed by atoms with Crippen LogP contribution in [0.15, 0.2) is 36.5 Å². The summed E-state index contributed by atoms with van der Waals surface area (Å²) in [6.07, 6.45) is 6.81. The molecule has 1 N–H and O–H groups in total. The molecule has 32 heavy (non-hydrogen) atoms. The van der Waals surface area contributed by atoms with Crippen LogP contribution in [0.4, 0.5) is 0 Å². The zero-order valence-corrected chi connectivity index (χ0v) is 19.7. The number of aromatic nitrogens is 1. The first-order valence-electron chi connectivity index (χ1n) is 11.5. The van der Waals surface area contributed by atoms with Crippen molar-refractivity contribution in [3.63, 3.8) is 0 Å². The number of carbonyl (C=O) groups is 2. The monoisotopic (exact) mass is 457 g/mol. The molecule has 0 bridgehead atoms. The second-order valence-corrected chi connectivity index (χ2v) is 9.22. The van der Waals surface area contributed by atoms with Crippen LogP contribution in [0, 0.1) is 11.3 Å². The van der Waals surface area contributed by atoms with Crippen LogP contribution in [-0.4, -0.2) is 28.4 Å². The van der Waals surface area contributed by atoms with Crippen LogP contribution in [0.2, 0.25) is 5.02 Å². The van der Waals surface area contributed by atoms with Crippen LogP contribution < -0.4 is 4.74 Å². The van der Waals surface area contributed by atoms with Gasteiger partial charge in [-0.15, -0.1) is 0 Å². The van der Waals surface area contributed by atoms with Crippen LogP contribution in [0.1, 0.15) is 74.0 Å². The summed E-state index contributed by atoms with van der Waals surface area (Å²) in [4.78, 5) is 29.6. The number of ether oxygens (including phenoxy) is 1. The molecule has 1 heterocycles. The van der Waals surface area contributed by atoms with Gasteiger partial charge in [0.1, 0.15) is 5.75 Å². The van der Waals surface area contributed by atoms with Crippen molar-refractivity contribution in [3.05, 3.63) is 58.4 Å². The van der Waals surface area contributed by atoms with Gasteiger partial charge < -0.3 is 9.84 Å². The third-order valence-electron chi connectivity index (χ3n) is 6.72. The summed E-state index contributed by atoms with van der Waals surface area (Å²) in [5.74, 6) is 0.0933. The maximum absolute atomic E-state index is 13.1. The number of rotatable bonds is 10. The SMILES string of the molecule is CCc1ncc(C(=O)CC2(C(=O)O)CCC(CC)CC2)cc1OCCc1cccc(Cl)c1. The lowest BCUT2D eigenvalue weighted by molar-refractivity contribution is -0.151. The third kappa shape index (κ3) is 5.89. The van der Waals surface area contributed by atoms with Gasteiger partial charge in [0, 0.05) is 29.6 Å². The fourth-order valence-corrected chi connectivity index (χ4v) is 4.71. The van der Waals surface area contributed by atoms with Gasteiger partial charge in [-0.1, -0.05) is 44.0 Å². The van der Waals surface area contributed by atoms with Crippen molar-refractivity contribution in [1.29, 1.82) is 0 Å². The minimum Gasteiger partial charge on any atom is -0.491 e. The lowest BCUT2D eigenvalue weighted by Crippen LogP contribution is -2.37. The normalized spacial score (nSPS) is 20.7. The second kappa shape index (κ2) is 11.0. The Morgan fingerprint density at radius 2 is 1.97 bits per heavy atom. The number of benzene rings is 1. The fourth-order valence-electron chi connectivity index (χ4n) is 4.50. The molecule has 1 aliphatic rings. The Labute approximate surface area is 195 Å². The van der Waals surface area contributed by atoms with E-state index >= 15 is 0 Å². The minimum atomic E-state index is -0.972. The number of Topliss-reactive ketones (excluding diaryl/α,β-unsaturated/α-hetero) is 1. The lowest BCUT2D eigenvalue weighted by Gasteiger charge is -2.36. The number of ketones is 1. The molecule has 1 aliphatic carbocycles. The van der Waals surface area contributed by atoms with E-state index in [0.29, 0.717) is 54.5 Å². The van der Waals surface area contributed by atoms with Crippen LogP contribution in [0.5, 0.6) is 5.75 Å². The van der Waals surface area contributed by atoms with Crippen LogP contribution >= 0.6 is 11.6 Å². The molecule has 0 atom stereocenters. The van der Waals surface area contributed by atoms with Crippen LogP contribution in [0.3, 0.4) is 0 Å². The Hall–Kier alpha value is -2.40. The Morgan fingerprint density at radius 3 is 2.59 bits per heavy atom. The molecule has 3 rings (SSSR count). The molecule has 0 spiro atoms. The number of carbonyl (C=O) groups excluding carboxylic acids is 1. The number of pyridine rings is 1. The van der Waals surface area contributed by atoms with E-state index < -0.39 is 11.4 Å². The fraction of sp³-hybridized carbons (Fsp3) is 0.500. The average Bonchev–Trinajstić information content (AvgIpc) is 2.79. The van der Waals surface area contributed by atoms with Gasteiger partial charge in [-0.2, -0.15) is 0 Å². The molecule has 2 aromatic rings. The number of carboxylic acid groups (broad SMARTS) is 1. The summed E-state index contributed by atoms with van der Waals surface area (Å²) >= 11 is 6.04. The van der Waals surface area contributed by atoms with Crippen molar-refractivity contribution in [2.45, 2.75) is 65.2 Å². The molecule has 0 radical (unpaired) electrons. The molecule has 6 heteroatoms.